The van der Waals surface area contributed by atoms with E-state index in [1.54, 1.807) is 31.2 Å². The van der Waals surface area contributed by atoms with Gasteiger partial charge in [0.05, 0.1) is 29.4 Å². The molecule has 2 aromatic heterocycles. The van der Waals surface area contributed by atoms with Crippen LogP contribution in [0.5, 0.6) is 0 Å². The number of thiophene rings is 1. The summed E-state index contributed by atoms with van der Waals surface area (Å²) in [6.45, 7) is 1.85. The van der Waals surface area contributed by atoms with Crippen LogP contribution in [-0.4, -0.2) is 28.0 Å². The van der Waals surface area contributed by atoms with Crippen LogP contribution in [0.4, 0.5) is 5.00 Å². The molecule has 3 aromatic rings. The van der Waals surface area contributed by atoms with E-state index in [9.17, 15) is 14.4 Å². The summed E-state index contributed by atoms with van der Waals surface area (Å²) < 4.78 is 6.48. The Morgan fingerprint density at radius 2 is 2.03 bits per heavy atom. The molecule has 0 saturated carbocycles. The molecular formula is C21H21N3O4S. The van der Waals surface area contributed by atoms with Crippen LogP contribution in [0, 0.1) is 0 Å². The Labute approximate surface area is 171 Å². The molecular weight excluding hydrogens is 390 g/mol. The molecule has 0 bridgehead atoms. The molecule has 1 aliphatic rings. The van der Waals surface area contributed by atoms with Crippen LogP contribution < -0.4 is 10.9 Å². The first kappa shape index (κ1) is 19.3. The second-order valence-electron chi connectivity index (χ2n) is 6.88. The number of rotatable bonds is 5. The van der Waals surface area contributed by atoms with Crippen molar-refractivity contribution in [1.29, 1.82) is 0 Å². The average Bonchev–Trinajstić information content (AvgIpc) is 3.08. The Morgan fingerprint density at radius 3 is 2.86 bits per heavy atom. The van der Waals surface area contributed by atoms with Gasteiger partial charge in [-0.25, -0.2) is 9.78 Å². The Hall–Kier alpha value is -3.00. The van der Waals surface area contributed by atoms with Crippen molar-refractivity contribution >= 4 is 39.1 Å². The van der Waals surface area contributed by atoms with Crippen molar-refractivity contribution in [3.8, 4) is 0 Å². The van der Waals surface area contributed by atoms with Crippen molar-refractivity contribution in [2.45, 2.75) is 39.2 Å². The van der Waals surface area contributed by atoms with Crippen molar-refractivity contribution < 1.29 is 14.3 Å². The number of aromatic nitrogens is 2. The predicted molar refractivity (Wildman–Crippen MR) is 112 cm³/mol. The molecule has 0 atom stereocenters. The van der Waals surface area contributed by atoms with Gasteiger partial charge < -0.3 is 10.1 Å². The number of nitrogens with one attached hydrogen (secondary N) is 1. The summed E-state index contributed by atoms with van der Waals surface area (Å²) >= 11 is 1.43. The molecule has 0 unspecified atom stereocenters. The second kappa shape index (κ2) is 8.16. The maximum atomic E-state index is 12.7. The summed E-state index contributed by atoms with van der Waals surface area (Å²) in [6, 6.07) is 7.01. The van der Waals surface area contributed by atoms with Gasteiger partial charge in [-0.3, -0.25) is 14.2 Å². The lowest BCUT2D eigenvalue weighted by Crippen LogP contribution is -2.28. The van der Waals surface area contributed by atoms with Gasteiger partial charge in [-0.2, -0.15) is 0 Å². The summed E-state index contributed by atoms with van der Waals surface area (Å²) in [6.07, 6.45) is 5.17. The van der Waals surface area contributed by atoms with Crippen molar-refractivity contribution in [1.82, 2.24) is 9.55 Å². The van der Waals surface area contributed by atoms with Crippen molar-refractivity contribution in [2.75, 3.05) is 11.9 Å². The molecule has 1 amide bonds. The number of benzene rings is 1. The van der Waals surface area contributed by atoms with Gasteiger partial charge in [-0.15, -0.1) is 11.3 Å². The minimum Gasteiger partial charge on any atom is -0.462 e. The molecule has 1 aromatic carbocycles. The third-order valence-electron chi connectivity index (χ3n) is 4.95. The van der Waals surface area contributed by atoms with Gasteiger partial charge in [0.25, 0.3) is 5.56 Å². The molecule has 0 fully saturated rings. The number of carbonyl (C=O) groups is 2. The van der Waals surface area contributed by atoms with E-state index in [1.807, 2.05) is 0 Å². The Bertz CT molecular complexity index is 1150. The van der Waals surface area contributed by atoms with Crippen LogP contribution in [0.1, 0.15) is 40.6 Å². The molecule has 0 radical (unpaired) electrons. The number of hydrogen-bond acceptors (Lipinski definition) is 6. The maximum absolute atomic E-state index is 12.7. The highest BCUT2D eigenvalue weighted by Gasteiger charge is 2.27. The topological polar surface area (TPSA) is 90.3 Å². The van der Waals surface area contributed by atoms with E-state index in [4.69, 9.17) is 4.74 Å². The second-order valence-corrected chi connectivity index (χ2v) is 7.98. The number of carbonyl (C=O) groups excluding carboxylic acids is 2. The zero-order chi connectivity index (χ0) is 20.4. The first-order chi connectivity index (χ1) is 14.1. The highest BCUT2D eigenvalue weighted by Crippen LogP contribution is 2.38. The lowest BCUT2D eigenvalue weighted by Gasteiger charge is -2.12. The smallest absolute Gasteiger partial charge is 0.341 e. The summed E-state index contributed by atoms with van der Waals surface area (Å²) in [5.74, 6) is -0.792. The third kappa shape index (κ3) is 3.80. The van der Waals surface area contributed by atoms with Crippen LogP contribution in [0.2, 0.25) is 0 Å². The van der Waals surface area contributed by atoms with E-state index in [0.717, 1.165) is 36.1 Å². The Balaban J connectivity index is 1.60. The third-order valence-corrected chi connectivity index (χ3v) is 6.16. The van der Waals surface area contributed by atoms with Crippen LogP contribution in [0.15, 0.2) is 35.4 Å². The van der Waals surface area contributed by atoms with Gasteiger partial charge in [0, 0.05) is 4.88 Å². The molecule has 7 nitrogen and oxygen atoms in total. The van der Waals surface area contributed by atoms with Crippen LogP contribution in [0.3, 0.4) is 0 Å². The van der Waals surface area contributed by atoms with E-state index < -0.39 is 5.97 Å². The molecule has 1 N–H and O–H groups in total. The molecule has 150 valence electrons. The molecule has 8 heteroatoms. The SMILES string of the molecule is CCOC(=O)c1c(NC(=O)Cn2cnc3ccccc3c2=O)sc2c1CCCC2. The van der Waals surface area contributed by atoms with Gasteiger partial charge >= 0.3 is 5.97 Å². The first-order valence-electron chi connectivity index (χ1n) is 9.64. The molecule has 0 spiro atoms. The number of amides is 1. The van der Waals surface area contributed by atoms with E-state index in [0.29, 0.717) is 21.5 Å². The fourth-order valence-electron chi connectivity index (χ4n) is 3.61. The van der Waals surface area contributed by atoms with Crippen LogP contribution in [-0.2, 0) is 28.9 Å². The zero-order valence-electron chi connectivity index (χ0n) is 16.1. The number of esters is 1. The molecule has 4 rings (SSSR count). The minimum atomic E-state index is -0.410. The minimum absolute atomic E-state index is 0.179. The quantitative estimate of drug-likeness (QED) is 0.652. The van der Waals surface area contributed by atoms with Gasteiger partial charge in [-0.05, 0) is 50.3 Å². The molecule has 29 heavy (non-hydrogen) atoms. The number of ether oxygens (including phenoxy) is 1. The van der Waals surface area contributed by atoms with E-state index >= 15 is 0 Å². The van der Waals surface area contributed by atoms with Gasteiger partial charge in [-0.1, -0.05) is 12.1 Å². The van der Waals surface area contributed by atoms with Crippen LogP contribution >= 0.6 is 11.3 Å². The molecule has 0 aliphatic heterocycles. The van der Waals surface area contributed by atoms with E-state index in [2.05, 4.69) is 10.3 Å². The maximum Gasteiger partial charge on any atom is 0.341 e. The summed E-state index contributed by atoms with van der Waals surface area (Å²) in [4.78, 5) is 43.1. The molecule has 2 heterocycles. The zero-order valence-corrected chi connectivity index (χ0v) is 16.9. The standard InChI is InChI=1S/C21H21N3O4S/c1-2-28-21(27)18-14-8-4-6-10-16(14)29-19(18)23-17(25)11-24-12-22-15-9-5-3-7-13(15)20(24)26/h3,5,7,9,12H,2,4,6,8,10-11H2,1H3,(H,23,25). The van der Waals surface area contributed by atoms with Crippen molar-refractivity contribution in [2.24, 2.45) is 0 Å². The van der Waals surface area contributed by atoms with Gasteiger partial charge in [0.1, 0.15) is 11.5 Å². The fraction of sp³-hybridized carbons (Fsp3) is 0.333. The summed E-state index contributed by atoms with van der Waals surface area (Å²) in [7, 11) is 0. The van der Waals surface area contributed by atoms with Crippen molar-refractivity contribution in [3.05, 3.63) is 57.0 Å². The number of hydrogen-bond donors (Lipinski definition) is 1. The number of nitrogens with zero attached hydrogens (tertiary/aromatic N) is 2. The normalized spacial score (nSPS) is 13.1. The average molecular weight is 411 g/mol. The lowest BCUT2D eigenvalue weighted by atomic mass is 9.95. The van der Waals surface area contributed by atoms with E-state index in [1.165, 1.54) is 22.2 Å². The Morgan fingerprint density at radius 1 is 1.24 bits per heavy atom. The number of aryl methyl sites for hydroxylation is 1. The molecule has 0 saturated heterocycles. The first-order valence-corrected chi connectivity index (χ1v) is 10.5. The Kier molecular flexibility index (Phi) is 5.44. The van der Waals surface area contributed by atoms with Gasteiger partial charge in [0.15, 0.2) is 0 Å². The highest BCUT2D eigenvalue weighted by molar-refractivity contribution is 7.17. The largest absolute Gasteiger partial charge is 0.462 e. The highest BCUT2D eigenvalue weighted by atomic mass is 32.1. The summed E-state index contributed by atoms with van der Waals surface area (Å²) in [5, 5.41) is 3.78. The molecule has 1 aliphatic carbocycles. The number of para-hydroxylation sites is 1. The van der Waals surface area contributed by atoms with Gasteiger partial charge in [0.2, 0.25) is 5.91 Å². The van der Waals surface area contributed by atoms with Crippen LogP contribution in [0.25, 0.3) is 10.9 Å². The fourth-order valence-corrected chi connectivity index (χ4v) is 4.91. The monoisotopic (exact) mass is 411 g/mol. The predicted octanol–water partition coefficient (Wildman–Crippen LogP) is 3.15. The summed E-state index contributed by atoms with van der Waals surface area (Å²) in [5.41, 5.74) is 1.76. The van der Waals surface area contributed by atoms with E-state index in [-0.39, 0.29) is 24.6 Å². The number of anilines is 1. The number of fused-ring (bicyclic) bond motifs is 2. The lowest BCUT2D eigenvalue weighted by molar-refractivity contribution is -0.116. The van der Waals surface area contributed by atoms with Crippen molar-refractivity contribution in [3.63, 3.8) is 0 Å².